The van der Waals surface area contributed by atoms with Crippen molar-refractivity contribution in [3.63, 3.8) is 0 Å². The van der Waals surface area contributed by atoms with Crippen LogP contribution >= 0.6 is 15.9 Å². The van der Waals surface area contributed by atoms with Crippen molar-refractivity contribution in [3.8, 4) is 0 Å². The third-order valence-corrected chi connectivity index (χ3v) is 4.37. The van der Waals surface area contributed by atoms with Gasteiger partial charge < -0.3 is 18.9 Å². The predicted molar refractivity (Wildman–Crippen MR) is 83.7 cm³/mol. The molecule has 0 aromatic carbocycles. The third kappa shape index (κ3) is 9.29. The van der Waals surface area contributed by atoms with Crippen molar-refractivity contribution in [1.82, 2.24) is 0 Å². The van der Waals surface area contributed by atoms with Crippen molar-refractivity contribution in [1.29, 1.82) is 0 Å². The minimum Gasteiger partial charge on any atom is -0.379 e. The summed E-state index contributed by atoms with van der Waals surface area (Å²) in [6.45, 7) is 6.89. The zero-order chi connectivity index (χ0) is 14.5. The number of unbranched alkanes of at least 4 members (excludes halogenated alkanes) is 1. The van der Waals surface area contributed by atoms with Gasteiger partial charge >= 0.3 is 0 Å². The van der Waals surface area contributed by atoms with E-state index in [1.54, 1.807) is 0 Å². The largest absolute Gasteiger partial charge is 0.379 e. The first-order chi connectivity index (χ1) is 9.84. The molecule has 20 heavy (non-hydrogen) atoms. The van der Waals surface area contributed by atoms with Crippen molar-refractivity contribution >= 4 is 15.9 Å². The van der Waals surface area contributed by atoms with Crippen LogP contribution in [0, 0.1) is 0 Å². The van der Waals surface area contributed by atoms with Crippen LogP contribution in [0.4, 0.5) is 0 Å². The van der Waals surface area contributed by atoms with Crippen LogP contribution in [0.5, 0.6) is 0 Å². The fourth-order valence-corrected chi connectivity index (χ4v) is 2.86. The number of rotatable bonds is 13. The van der Waals surface area contributed by atoms with Crippen LogP contribution in [0.3, 0.4) is 0 Å². The number of ether oxygens (including phenoxy) is 4. The molecule has 2 atom stereocenters. The van der Waals surface area contributed by atoms with Crippen LogP contribution in [0.2, 0.25) is 0 Å². The Morgan fingerprint density at radius 1 is 0.850 bits per heavy atom. The minimum absolute atomic E-state index is 0.370. The monoisotopic (exact) mass is 352 g/mol. The highest BCUT2D eigenvalue weighted by Gasteiger charge is 2.25. The molecule has 0 saturated heterocycles. The lowest BCUT2D eigenvalue weighted by Crippen LogP contribution is -2.21. The van der Waals surface area contributed by atoms with E-state index in [2.05, 4.69) is 22.9 Å². The Balaban J connectivity index is 1.72. The Kier molecular flexibility index (Phi) is 12.0. The summed E-state index contributed by atoms with van der Waals surface area (Å²) in [5.41, 5.74) is 0. The smallest absolute Gasteiger partial charge is 0.0704 e. The second kappa shape index (κ2) is 13.0. The lowest BCUT2D eigenvalue weighted by Gasteiger charge is -2.15. The van der Waals surface area contributed by atoms with E-state index in [1.165, 1.54) is 19.3 Å². The summed E-state index contributed by atoms with van der Waals surface area (Å²) in [5.74, 6) is 0. The van der Waals surface area contributed by atoms with Crippen LogP contribution < -0.4 is 0 Å². The van der Waals surface area contributed by atoms with Crippen LogP contribution in [0.15, 0.2) is 0 Å². The number of alkyl halides is 1. The van der Waals surface area contributed by atoms with Crippen molar-refractivity contribution in [2.24, 2.45) is 0 Å². The average molecular weight is 353 g/mol. The Morgan fingerprint density at radius 3 is 2.00 bits per heavy atom. The van der Waals surface area contributed by atoms with E-state index in [4.69, 9.17) is 18.9 Å². The van der Waals surface area contributed by atoms with Gasteiger partial charge in [0.2, 0.25) is 0 Å². The summed E-state index contributed by atoms with van der Waals surface area (Å²) in [5, 5.41) is 0. The Labute approximate surface area is 131 Å². The van der Waals surface area contributed by atoms with E-state index < -0.39 is 0 Å². The lowest BCUT2D eigenvalue weighted by atomic mass is 10.3. The van der Waals surface area contributed by atoms with Gasteiger partial charge in [-0.25, -0.2) is 0 Å². The fourth-order valence-electron chi connectivity index (χ4n) is 2.12. The molecule has 120 valence electrons. The topological polar surface area (TPSA) is 36.9 Å². The van der Waals surface area contributed by atoms with Gasteiger partial charge in [0.15, 0.2) is 0 Å². The van der Waals surface area contributed by atoms with Gasteiger partial charge in [-0.15, -0.1) is 0 Å². The molecule has 5 heteroatoms. The maximum absolute atomic E-state index is 5.77. The number of hydrogen-bond donors (Lipinski definition) is 0. The molecule has 1 saturated carbocycles. The number of hydrogen-bond acceptors (Lipinski definition) is 4. The SMILES string of the molecule is CCCCOCCOCCOCCOC1CCCC1Br. The summed E-state index contributed by atoms with van der Waals surface area (Å²) in [4.78, 5) is 0.526. The summed E-state index contributed by atoms with van der Waals surface area (Å²) in [6, 6.07) is 0. The van der Waals surface area contributed by atoms with Gasteiger partial charge in [-0.05, 0) is 25.7 Å². The van der Waals surface area contributed by atoms with E-state index in [1.807, 2.05) is 0 Å². The predicted octanol–water partition coefficient (Wildman–Crippen LogP) is 3.17. The normalized spacial score (nSPS) is 22.5. The molecular weight excluding hydrogens is 324 g/mol. The van der Waals surface area contributed by atoms with E-state index in [0.29, 0.717) is 50.6 Å². The molecule has 0 aliphatic heterocycles. The van der Waals surface area contributed by atoms with Crippen molar-refractivity contribution in [3.05, 3.63) is 0 Å². The molecule has 0 aromatic heterocycles. The first-order valence-corrected chi connectivity index (χ1v) is 8.75. The van der Waals surface area contributed by atoms with E-state index in [0.717, 1.165) is 19.4 Å². The standard InChI is InChI=1S/C15H29BrO4/c1-2-3-7-17-8-9-18-10-11-19-12-13-20-15-6-4-5-14(15)16/h14-15H,2-13H2,1H3. The zero-order valence-corrected chi connectivity index (χ0v) is 14.2. The van der Waals surface area contributed by atoms with Crippen LogP contribution in [-0.4, -0.2) is 57.2 Å². The second-order valence-corrected chi connectivity index (χ2v) is 6.22. The second-order valence-electron chi connectivity index (χ2n) is 5.05. The molecule has 0 radical (unpaired) electrons. The zero-order valence-electron chi connectivity index (χ0n) is 12.7. The quantitative estimate of drug-likeness (QED) is 0.377. The molecule has 0 amide bonds. The molecule has 4 nitrogen and oxygen atoms in total. The van der Waals surface area contributed by atoms with Crippen LogP contribution in [-0.2, 0) is 18.9 Å². The minimum atomic E-state index is 0.370. The van der Waals surface area contributed by atoms with Gasteiger partial charge in [0.1, 0.15) is 0 Å². The maximum Gasteiger partial charge on any atom is 0.0704 e. The van der Waals surface area contributed by atoms with Crippen LogP contribution in [0.1, 0.15) is 39.0 Å². The summed E-state index contributed by atoms with van der Waals surface area (Å²) in [7, 11) is 0. The van der Waals surface area contributed by atoms with Gasteiger partial charge in [0.25, 0.3) is 0 Å². The highest BCUT2D eigenvalue weighted by atomic mass is 79.9. The van der Waals surface area contributed by atoms with Gasteiger partial charge in [0.05, 0.1) is 45.7 Å². The summed E-state index contributed by atoms with van der Waals surface area (Å²) in [6.07, 6.45) is 6.31. The molecular formula is C15H29BrO4. The molecule has 1 rings (SSSR count). The molecule has 0 aromatic rings. The van der Waals surface area contributed by atoms with Crippen molar-refractivity contribution < 1.29 is 18.9 Å². The summed E-state index contributed by atoms with van der Waals surface area (Å²) >= 11 is 3.64. The molecule has 1 fully saturated rings. The van der Waals surface area contributed by atoms with Gasteiger partial charge in [-0.1, -0.05) is 29.3 Å². The molecule has 0 N–H and O–H groups in total. The molecule has 1 aliphatic carbocycles. The molecule has 0 bridgehead atoms. The fraction of sp³-hybridized carbons (Fsp3) is 1.00. The van der Waals surface area contributed by atoms with E-state index in [-0.39, 0.29) is 0 Å². The Bertz CT molecular complexity index is 216. The maximum atomic E-state index is 5.77. The van der Waals surface area contributed by atoms with Crippen molar-refractivity contribution in [2.45, 2.75) is 50.0 Å². The number of halogens is 1. The molecule has 0 heterocycles. The summed E-state index contributed by atoms with van der Waals surface area (Å²) < 4.78 is 22.0. The first kappa shape index (κ1) is 18.4. The Morgan fingerprint density at radius 2 is 1.45 bits per heavy atom. The molecule has 2 unspecified atom stereocenters. The highest BCUT2D eigenvalue weighted by Crippen LogP contribution is 2.27. The van der Waals surface area contributed by atoms with Gasteiger partial charge in [0, 0.05) is 11.4 Å². The third-order valence-electron chi connectivity index (χ3n) is 3.32. The van der Waals surface area contributed by atoms with Gasteiger partial charge in [-0.2, -0.15) is 0 Å². The lowest BCUT2D eigenvalue weighted by molar-refractivity contribution is -0.0158. The molecule has 0 spiro atoms. The van der Waals surface area contributed by atoms with E-state index in [9.17, 15) is 0 Å². The Hall–Kier alpha value is 0.320. The first-order valence-electron chi connectivity index (χ1n) is 7.83. The molecule has 1 aliphatic rings. The average Bonchev–Trinajstić information content (AvgIpc) is 2.85. The van der Waals surface area contributed by atoms with Crippen molar-refractivity contribution in [2.75, 3.05) is 46.2 Å². The van der Waals surface area contributed by atoms with Gasteiger partial charge in [-0.3, -0.25) is 0 Å². The van der Waals surface area contributed by atoms with Crippen LogP contribution in [0.25, 0.3) is 0 Å². The highest BCUT2D eigenvalue weighted by molar-refractivity contribution is 9.09. The van der Waals surface area contributed by atoms with E-state index >= 15 is 0 Å².